The highest BCUT2D eigenvalue weighted by Gasteiger charge is 2.56. The molecule has 2 nitrogen and oxygen atoms in total. The van der Waals surface area contributed by atoms with Crippen LogP contribution in [0.15, 0.2) is 35.6 Å². The predicted molar refractivity (Wildman–Crippen MR) is 83.7 cm³/mol. The van der Waals surface area contributed by atoms with E-state index in [0.29, 0.717) is 23.5 Å². The number of aliphatic hydroxyl groups excluding tert-OH is 2. The zero-order valence-electron chi connectivity index (χ0n) is 13.0. The van der Waals surface area contributed by atoms with E-state index in [0.717, 1.165) is 25.7 Å². The van der Waals surface area contributed by atoms with E-state index in [4.69, 9.17) is 0 Å². The van der Waals surface area contributed by atoms with Gasteiger partial charge in [0.2, 0.25) is 0 Å². The van der Waals surface area contributed by atoms with Crippen molar-refractivity contribution < 1.29 is 10.2 Å². The van der Waals surface area contributed by atoms with Gasteiger partial charge in [-0.15, -0.1) is 0 Å². The number of aliphatic hydroxyl groups is 2. The molecule has 0 heterocycles. The minimum absolute atomic E-state index is 0.0146. The number of fused-ring (bicyclic) bond motifs is 5. The van der Waals surface area contributed by atoms with Crippen LogP contribution in [0.3, 0.4) is 0 Å². The lowest BCUT2D eigenvalue weighted by atomic mass is 9.49. The SMILES string of the molecule is C[C@]12C=C[C@H](O)CC1=CC[C@@H]1[C@@H]2CC[C@]2(C)C(O)=CC[C@@H]12. The second kappa shape index (κ2) is 4.25. The van der Waals surface area contributed by atoms with Gasteiger partial charge in [0.1, 0.15) is 0 Å². The van der Waals surface area contributed by atoms with E-state index >= 15 is 0 Å². The van der Waals surface area contributed by atoms with E-state index in [-0.39, 0.29) is 16.9 Å². The number of allylic oxidation sites excluding steroid dienone is 4. The standard InChI is InChI=1S/C19H26O2/c1-18-9-7-13(20)11-12(18)3-4-14-15-5-6-17(21)19(15,2)10-8-16(14)18/h3,6-7,9,13-16,20-21H,4-5,8,10-11H2,1-2H3/t13-,14-,15-,16-,18-,19-/m0/s1. The molecule has 0 aromatic rings. The van der Waals surface area contributed by atoms with Crippen molar-refractivity contribution in [2.45, 2.75) is 52.1 Å². The first-order valence-electron chi connectivity index (χ1n) is 8.42. The Bertz CT molecular complexity index is 558. The van der Waals surface area contributed by atoms with Crippen LogP contribution in [0.25, 0.3) is 0 Å². The third-order valence-electron chi connectivity index (χ3n) is 7.17. The van der Waals surface area contributed by atoms with Gasteiger partial charge in [-0.05, 0) is 55.9 Å². The van der Waals surface area contributed by atoms with E-state index in [2.05, 4.69) is 32.1 Å². The predicted octanol–water partition coefficient (Wildman–Crippen LogP) is 4.14. The van der Waals surface area contributed by atoms with Crippen LogP contribution in [0.1, 0.15) is 46.0 Å². The van der Waals surface area contributed by atoms with Crippen LogP contribution >= 0.6 is 0 Å². The molecule has 0 radical (unpaired) electrons. The summed E-state index contributed by atoms with van der Waals surface area (Å²) < 4.78 is 0. The van der Waals surface area contributed by atoms with Crippen molar-refractivity contribution in [2.75, 3.05) is 0 Å². The molecule has 6 atom stereocenters. The average molecular weight is 286 g/mol. The summed E-state index contributed by atoms with van der Waals surface area (Å²) in [6, 6.07) is 0. The van der Waals surface area contributed by atoms with E-state index in [1.54, 1.807) is 0 Å². The van der Waals surface area contributed by atoms with E-state index in [1.807, 2.05) is 6.08 Å². The van der Waals surface area contributed by atoms with E-state index in [9.17, 15) is 10.2 Å². The molecule has 21 heavy (non-hydrogen) atoms. The summed E-state index contributed by atoms with van der Waals surface area (Å²) in [5.74, 6) is 2.56. The van der Waals surface area contributed by atoms with Gasteiger partial charge in [-0.3, -0.25) is 0 Å². The van der Waals surface area contributed by atoms with Crippen molar-refractivity contribution in [1.82, 2.24) is 0 Å². The maximum atomic E-state index is 10.3. The fraction of sp³-hybridized carbons (Fsp3) is 0.684. The van der Waals surface area contributed by atoms with Crippen LogP contribution in [-0.4, -0.2) is 16.3 Å². The van der Waals surface area contributed by atoms with Gasteiger partial charge in [-0.1, -0.05) is 37.6 Å². The molecule has 4 rings (SSSR count). The first-order valence-corrected chi connectivity index (χ1v) is 8.42. The Morgan fingerprint density at radius 1 is 1.14 bits per heavy atom. The molecule has 0 unspecified atom stereocenters. The lowest BCUT2D eigenvalue weighted by molar-refractivity contribution is -0.0106. The quantitative estimate of drug-likeness (QED) is 0.657. The van der Waals surface area contributed by atoms with Gasteiger partial charge < -0.3 is 10.2 Å². The highest BCUT2D eigenvalue weighted by molar-refractivity contribution is 5.33. The molecule has 2 N–H and O–H groups in total. The Morgan fingerprint density at radius 2 is 1.95 bits per heavy atom. The van der Waals surface area contributed by atoms with Crippen molar-refractivity contribution in [3.8, 4) is 0 Å². The zero-order chi connectivity index (χ0) is 14.8. The Morgan fingerprint density at radius 3 is 2.76 bits per heavy atom. The minimum atomic E-state index is -0.299. The second-order valence-corrected chi connectivity index (χ2v) is 8.04. The van der Waals surface area contributed by atoms with Crippen LogP contribution in [0, 0.1) is 28.6 Å². The second-order valence-electron chi connectivity index (χ2n) is 8.04. The van der Waals surface area contributed by atoms with Gasteiger partial charge in [0.25, 0.3) is 0 Å². The summed E-state index contributed by atoms with van der Waals surface area (Å²) in [5, 5.41) is 20.2. The molecule has 0 aromatic heterocycles. The highest BCUT2D eigenvalue weighted by Crippen LogP contribution is 2.63. The first kappa shape index (κ1) is 13.6. The Hall–Kier alpha value is -1.02. The van der Waals surface area contributed by atoms with Gasteiger partial charge >= 0.3 is 0 Å². The monoisotopic (exact) mass is 286 g/mol. The molecule has 1 fully saturated rings. The van der Waals surface area contributed by atoms with Crippen molar-refractivity contribution >= 4 is 0 Å². The van der Waals surface area contributed by atoms with Gasteiger partial charge in [0, 0.05) is 10.8 Å². The van der Waals surface area contributed by atoms with Crippen molar-refractivity contribution in [3.05, 3.63) is 35.6 Å². The summed E-state index contributed by atoms with van der Waals surface area (Å²) in [5.41, 5.74) is 1.58. The average Bonchev–Trinajstić information content (AvgIpc) is 2.76. The Labute approximate surface area is 127 Å². The summed E-state index contributed by atoms with van der Waals surface area (Å²) in [6.07, 6.45) is 13.7. The van der Waals surface area contributed by atoms with Crippen LogP contribution in [0.2, 0.25) is 0 Å². The topological polar surface area (TPSA) is 40.5 Å². The molecule has 0 aliphatic heterocycles. The van der Waals surface area contributed by atoms with E-state index in [1.165, 1.54) is 12.0 Å². The summed E-state index contributed by atoms with van der Waals surface area (Å²) >= 11 is 0. The van der Waals surface area contributed by atoms with E-state index < -0.39 is 0 Å². The molecule has 0 bridgehead atoms. The Kier molecular flexibility index (Phi) is 2.76. The maximum Gasteiger partial charge on any atom is 0.0944 e. The Balaban J connectivity index is 1.71. The first-order chi connectivity index (χ1) is 9.95. The molecule has 0 saturated heterocycles. The van der Waals surface area contributed by atoms with Crippen molar-refractivity contribution in [3.63, 3.8) is 0 Å². The van der Waals surface area contributed by atoms with Gasteiger partial charge in [-0.25, -0.2) is 0 Å². The lowest BCUT2D eigenvalue weighted by Gasteiger charge is -2.55. The van der Waals surface area contributed by atoms with Crippen LogP contribution in [0.5, 0.6) is 0 Å². The molecular weight excluding hydrogens is 260 g/mol. The number of rotatable bonds is 0. The molecular formula is C19H26O2. The van der Waals surface area contributed by atoms with Crippen LogP contribution < -0.4 is 0 Å². The fourth-order valence-corrected chi connectivity index (χ4v) is 5.78. The van der Waals surface area contributed by atoms with Gasteiger partial charge in [0.15, 0.2) is 0 Å². The number of hydrogen-bond donors (Lipinski definition) is 2. The van der Waals surface area contributed by atoms with Crippen LogP contribution in [-0.2, 0) is 0 Å². The minimum Gasteiger partial charge on any atom is -0.512 e. The lowest BCUT2D eigenvalue weighted by Crippen LogP contribution is -2.48. The molecule has 0 amide bonds. The summed E-state index contributed by atoms with van der Waals surface area (Å²) in [6.45, 7) is 4.62. The normalized spacial score (nSPS) is 51.6. The van der Waals surface area contributed by atoms with Crippen LogP contribution in [0.4, 0.5) is 0 Å². The third-order valence-corrected chi connectivity index (χ3v) is 7.17. The molecule has 0 spiro atoms. The third kappa shape index (κ3) is 1.69. The molecule has 4 aliphatic carbocycles. The highest BCUT2D eigenvalue weighted by atomic mass is 16.3. The van der Waals surface area contributed by atoms with Crippen molar-refractivity contribution in [1.29, 1.82) is 0 Å². The molecule has 4 aliphatic rings. The summed E-state index contributed by atoms with van der Waals surface area (Å²) in [7, 11) is 0. The maximum absolute atomic E-state index is 10.3. The number of hydrogen-bond acceptors (Lipinski definition) is 2. The fourth-order valence-electron chi connectivity index (χ4n) is 5.78. The van der Waals surface area contributed by atoms with Gasteiger partial charge in [0.05, 0.1) is 11.9 Å². The molecule has 114 valence electrons. The van der Waals surface area contributed by atoms with Gasteiger partial charge in [-0.2, -0.15) is 0 Å². The molecule has 0 aromatic carbocycles. The van der Waals surface area contributed by atoms with Crippen molar-refractivity contribution in [2.24, 2.45) is 28.6 Å². The molecule has 2 heteroatoms. The largest absolute Gasteiger partial charge is 0.512 e. The zero-order valence-corrected chi connectivity index (χ0v) is 13.0. The molecule has 1 saturated carbocycles. The smallest absolute Gasteiger partial charge is 0.0944 e. The summed E-state index contributed by atoms with van der Waals surface area (Å²) in [4.78, 5) is 0.